The van der Waals surface area contributed by atoms with E-state index in [0.717, 1.165) is 32.2 Å². The molecule has 1 aromatic heterocycles. The van der Waals surface area contributed by atoms with E-state index in [1.165, 1.54) is 24.3 Å². The summed E-state index contributed by atoms with van der Waals surface area (Å²) in [7, 11) is 0. The number of aromatic nitrogens is 1. The van der Waals surface area contributed by atoms with Crippen LogP contribution < -0.4 is 10.1 Å². The van der Waals surface area contributed by atoms with Crippen LogP contribution in [0.5, 0.6) is 5.75 Å². The number of aliphatic carboxylic acids is 1. The Labute approximate surface area is 257 Å². The highest BCUT2D eigenvalue weighted by atomic mass is 79.9. The summed E-state index contributed by atoms with van der Waals surface area (Å²) in [6.07, 6.45) is -2.05. The van der Waals surface area contributed by atoms with E-state index in [1.54, 1.807) is 6.07 Å². The number of halogens is 4. The number of nitrogens with zero attached hydrogens (tertiary/aromatic N) is 1. The number of rotatable bonds is 5. The van der Waals surface area contributed by atoms with Crippen molar-refractivity contribution < 1.29 is 32.6 Å². The lowest BCUT2D eigenvalue weighted by atomic mass is 9.86. The van der Waals surface area contributed by atoms with Crippen molar-refractivity contribution in [1.82, 2.24) is 10.3 Å². The number of hydrogen-bond acceptors (Lipinski definition) is 4. The lowest BCUT2D eigenvalue weighted by Gasteiger charge is -2.27. The first-order valence-electron chi connectivity index (χ1n) is 14.0. The second kappa shape index (κ2) is 15.5. The van der Waals surface area contributed by atoms with E-state index in [9.17, 15) is 27.9 Å². The highest BCUT2D eigenvalue weighted by Gasteiger charge is 2.31. The molecule has 10 heteroatoms. The van der Waals surface area contributed by atoms with Gasteiger partial charge in [-0.1, -0.05) is 78.3 Å². The summed E-state index contributed by atoms with van der Waals surface area (Å²) >= 11 is 3.51. The molecule has 43 heavy (non-hydrogen) atoms. The minimum absolute atomic E-state index is 0.0111. The van der Waals surface area contributed by atoms with Gasteiger partial charge in [-0.3, -0.25) is 9.59 Å². The van der Waals surface area contributed by atoms with Crippen LogP contribution in [-0.2, 0) is 4.79 Å². The van der Waals surface area contributed by atoms with Crippen molar-refractivity contribution in [2.45, 2.75) is 58.9 Å². The Kier molecular flexibility index (Phi) is 12.1. The monoisotopic (exact) mass is 658 g/mol. The van der Waals surface area contributed by atoms with Gasteiger partial charge in [-0.25, -0.2) is 4.98 Å². The van der Waals surface area contributed by atoms with Gasteiger partial charge in [-0.05, 0) is 68.5 Å². The van der Waals surface area contributed by atoms with Crippen molar-refractivity contribution in [3.63, 3.8) is 0 Å². The quantitative estimate of drug-likeness (QED) is 0.223. The molecule has 0 spiro atoms. The average molecular weight is 660 g/mol. The normalized spacial score (nSPS) is 16.2. The van der Waals surface area contributed by atoms with Crippen LogP contribution in [-0.4, -0.2) is 34.4 Å². The fourth-order valence-electron chi connectivity index (χ4n) is 4.86. The molecular weight excluding hydrogens is 625 g/mol. The largest absolute Gasteiger partial charge is 0.573 e. The molecule has 1 heterocycles. The third-order valence-corrected chi connectivity index (χ3v) is 7.35. The van der Waals surface area contributed by atoms with Crippen LogP contribution in [0.15, 0.2) is 83.3 Å². The summed E-state index contributed by atoms with van der Waals surface area (Å²) in [6, 6.07) is 22.7. The molecule has 1 aliphatic carbocycles. The van der Waals surface area contributed by atoms with Crippen LogP contribution in [0.2, 0.25) is 0 Å². The topological polar surface area (TPSA) is 88.5 Å². The molecule has 0 atom stereocenters. The van der Waals surface area contributed by atoms with E-state index in [2.05, 4.69) is 26.0 Å². The zero-order valence-corrected chi connectivity index (χ0v) is 25.7. The molecule has 0 bridgehead atoms. The Morgan fingerprint density at radius 1 is 0.930 bits per heavy atom. The molecule has 1 aliphatic rings. The molecule has 0 radical (unpaired) electrons. The number of fused-ring (bicyclic) bond motifs is 1. The standard InChI is InChI=1S/C24H23BrN2O3.C7H5F3O.C2H6/c1-14-21(23(28)26-18-10-7-16(8-11-18)24(29)30)19-13-17(25)9-12-20(19)27-22(14)15-5-3-2-4-6-15;8-7(9,10)11-6-4-2-1-3-5-6;1-2/h2-6,9,12-13,16,18H,7-8,10-11H2,1H3,(H,26,28)(H,29,30);1-5H;1-2H3. The van der Waals surface area contributed by atoms with E-state index in [1.807, 2.05) is 69.3 Å². The molecular formula is C33H34BrF3N2O4. The van der Waals surface area contributed by atoms with Gasteiger partial charge in [0, 0.05) is 21.5 Å². The number of benzene rings is 3. The zero-order valence-electron chi connectivity index (χ0n) is 24.1. The second-order valence-electron chi connectivity index (χ2n) is 9.71. The molecule has 6 nitrogen and oxygen atoms in total. The molecule has 0 saturated heterocycles. The van der Waals surface area contributed by atoms with Crippen LogP contribution in [0.1, 0.15) is 55.5 Å². The first-order chi connectivity index (χ1) is 20.5. The maximum Gasteiger partial charge on any atom is 0.573 e. The molecule has 1 amide bonds. The second-order valence-corrected chi connectivity index (χ2v) is 10.6. The fraction of sp³-hybridized carbons (Fsp3) is 0.303. The Hall–Kier alpha value is -3.92. The number of alkyl halides is 3. The summed E-state index contributed by atoms with van der Waals surface area (Å²) in [5, 5.41) is 13.2. The molecule has 0 unspecified atom stereocenters. The third-order valence-electron chi connectivity index (χ3n) is 6.85. The Morgan fingerprint density at radius 3 is 2.07 bits per heavy atom. The SMILES string of the molecule is CC.Cc1c(-c2ccccc2)nc2ccc(Br)cc2c1C(=O)NC1CCC(C(=O)O)CC1.FC(F)(F)Oc1ccccc1. The number of nitrogens with one attached hydrogen (secondary N) is 1. The van der Waals surface area contributed by atoms with Crippen molar-refractivity contribution in [2.75, 3.05) is 0 Å². The highest BCUT2D eigenvalue weighted by Crippen LogP contribution is 2.32. The van der Waals surface area contributed by atoms with E-state index in [-0.39, 0.29) is 23.6 Å². The predicted molar refractivity (Wildman–Crippen MR) is 165 cm³/mol. The van der Waals surface area contributed by atoms with Gasteiger partial charge in [0.05, 0.1) is 22.7 Å². The Bertz CT molecular complexity index is 1510. The fourth-order valence-corrected chi connectivity index (χ4v) is 5.23. The Morgan fingerprint density at radius 2 is 1.51 bits per heavy atom. The summed E-state index contributed by atoms with van der Waals surface area (Å²) in [4.78, 5) is 29.4. The Balaban J connectivity index is 0.000000327. The van der Waals surface area contributed by atoms with E-state index in [0.29, 0.717) is 31.2 Å². The molecule has 3 aromatic carbocycles. The average Bonchev–Trinajstić information content (AvgIpc) is 2.98. The summed E-state index contributed by atoms with van der Waals surface area (Å²) in [6.45, 7) is 5.94. The number of carbonyl (C=O) groups excluding carboxylic acids is 1. The predicted octanol–water partition coefficient (Wildman–Crippen LogP) is 8.96. The van der Waals surface area contributed by atoms with Crippen LogP contribution in [0.4, 0.5) is 13.2 Å². The molecule has 4 aromatic rings. The number of amides is 1. The lowest BCUT2D eigenvalue weighted by molar-refractivity contribution is -0.274. The zero-order chi connectivity index (χ0) is 31.6. The van der Waals surface area contributed by atoms with Gasteiger partial charge >= 0.3 is 12.3 Å². The van der Waals surface area contributed by atoms with Gasteiger partial charge in [-0.15, -0.1) is 13.2 Å². The van der Waals surface area contributed by atoms with E-state index < -0.39 is 12.3 Å². The van der Waals surface area contributed by atoms with Gasteiger partial charge in [-0.2, -0.15) is 0 Å². The first kappa shape index (κ1) is 33.6. The minimum Gasteiger partial charge on any atom is -0.481 e. The summed E-state index contributed by atoms with van der Waals surface area (Å²) in [5.41, 5.74) is 3.99. The number of hydrogen-bond donors (Lipinski definition) is 2. The molecule has 2 N–H and O–H groups in total. The van der Waals surface area contributed by atoms with Crippen LogP contribution >= 0.6 is 15.9 Å². The van der Waals surface area contributed by atoms with E-state index >= 15 is 0 Å². The minimum atomic E-state index is -4.60. The molecule has 1 saturated carbocycles. The number of carboxylic acid groups (broad SMARTS) is 1. The number of carboxylic acids is 1. The number of pyridine rings is 1. The van der Waals surface area contributed by atoms with Gasteiger partial charge in [0.2, 0.25) is 0 Å². The van der Waals surface area contributed by atoms with Crippen molar-refractivity contribution in [1.29, 1.82) is 0 Å². The van der Waals surface area contributed by atoms with Crippen molar-refractivity contribution in [2.24, 2.45) is 5.92 Å². The summed E-state index contributed by atoms with van der Waals surface area (Å²) in [5.74, 6) is -1.37. The molecule has 228 valence electrons. The molecule has 1 fully saturated rings. The van der Waals surface area contributed by atoms with Crippen molar-refractivity contribution in [3.05, 3.63) is 94.5 Å². The molecule has 5 rings (SSSR count). The van der Waals surface area contributed by atoms with Crippen LogP contribution in [0.25, 0.3) is 22.2 Å². The number of ether oxygens (including phenoxy) is 1. The number of para-hydroxylation sites is 1. The third kappa shape index (κ3) is 9.54. The van der Waals surface area contributed by atoms with Gasteiger partial charge in [0.15, 0.2) is 0 Å². The smallest absolute Gasteiger partial charge is 0.481 e. The van der Waals surface area contributed by atoms with Crippen molar-refractivity contribution in [3.8, 4) is 17.0 Å². The lowest BCUT2D eigenvalue weighted by Crippen LogP contribution is -2.39. The summed E-state index contributed by atoms with van der Waals surface area (Å²) < 4.78 is 39.0. The highest BCUT2D eigenvalue weighted by molar-refractivity contribution is 9.10. The molecule has 0 aliphatic heterocycles. The van der Waals surface area contributed by atoms with Gasteiger partial charge in [0.25, 0.3) is 5.91 Å². The van der Waals surface area contributed by atoms with Gasteiger partial charge < -0.3 is 15.2 Å². The maximum absolute atomic E-state index is 13.4. The van der Waals surface area contributed by atoms with Crippen LogP contribution in [0, 0.1) is 12.8 Å². The maximum atomic E-state index is 13.4. The van der Waals surface area contributed by atoms with Crippen molar-refractivity contribution >= 4 is 38.7 Å². The van der Waals surface area contributed by atoms with Crippen LogP contribution in [0.3, 0.4) is 0 Å². The number of carbonyl (C=O) groups is 2. The van der Waals surface area contributed by atoms with E-state index in [4.69, 9.17) is 4.98 Å². The van der Waals surface area contributed by atoms with Gasteiger partial charge in [0.1, 0.15) is 5.75 Å². The first-order valence-corrected chi connectivity index (χ1v) is 14.8.